The average Bonchev–Trinajstić information content (AvgIpc) is 2.68. The van der Waals surface area contributed by atoms with E-state index in [9.17, 15) is 8.42 Å². The van der Waals surface area contributed by atoms with Crippen LogP contribution in [0.2, 0.25) is 0 Å². The number of rotatable bonds is 3. The van der Waals surface area contributed by atoms with Crippen molar-refractivity contribution in [1.82, 2.24) is 9.62 Å². The zero-order valence-corrected chi connectivity index (χ0v) is 16.8. The molecule has 1 aliphatic heterocycles. The summed E-state index contributed by atoms with van der Waals surface area (Å²) >= 11 is 0. The Morgan fingerprint density at radius 2 is 1.70 bits per heavy atom. The zero-order valence-electron chi connectivity index (χ0n) is 16.0. The maximum atomic E-state index is 12.5. The monoisotopic (exact) mass is 390 g/mol. The van der Waals surface area contributed by atoms with Crippen LogP contribution in [0.15, 0.2) is 34.2 Å². The number of hydrogen-bond donors (Lipinski definition) is 2. The third-order valence-electron chi connectivity index (χ3n) is 6.32. The number of aliphatic imine (C=N–C) groups is 1. The molecule has 4 rings (SSSR count). The molecule has 6 nitrogen and oxygen atoms in total. The fourth-order valence-corrected chi connectivity index (χ4v) is 5.98. The normalized spacial score (nSPS) is 29.8. The Kier molecular flexibility index (Phi) is 5.41. The molecule has 27 heavy (non-hydrogen) atoms. The van der Waals surface area contributed by atoms with Gasteiger partial charge in [0.1, 0.15) is 4.90 Å². The second-order valence-electron chi connectivity index (χ2n) is 8.08. The van der Waals surface area contributed by atoms with Crippen LogP contribution in [0.5, 0.6) is 0 Å². The molecule has 2 saturated carbocycles. The standard InChI is InChI=1S/C20H30N4O2S/c1-24(15-9-3-2-4-10-15)18-13-7-5-11-16(18)21-20-22-17-12-6-8-14-19(17)27(25,26)23-20/h6,8,12,14-16,18H,2-5,7,9-11,13H2,1H3,(H2,21,22,23)/t16-,18-/m1/s1. The smallest absolute Gasteiger partial charge is 0.266 e. The highest BCUT2D eigenvalue weighted by molar-refractivity contribution is 7.90. The highest BCUT2D eigenvalue weighted by Crippen LogP contribution is 2.31. The first-order valence-electron chi connectivity index (χ1n) is 10.2. The molecule has 1 aromatic rings. The summed E-state index contributed by atoms with van der Waals surface area (Å²) < 4.78 is 27.7. The number of para-hydroxylation sites is 1. The average molecular weight is 391 g/mol. The Morgan fingerprint density at radius 3 is 2.52 bits per heavy atom. The molecule has 2 atom stereocenters. The Labute approximate surface area is 162 Å². The van der Waals surface area contributed by atoms with Crippen molar-refractivity contribution in [3.63, 3.8) is 0 Å². The van der Waals surface area contributed by atoms with Crippen LogP contribution >= 0.6 is 0 Å². The van der Waals surface area contributed by atoms with E-state index in [-0.39, 0.29) is 10.9 Å². The minimum atomic E-state index is -3.56. The van der Waals surface area contributed by atoms with E-state index >= 15 is 0 Å². The van der Waals surface area contributed by atoms with E-state index in [0.29, 0.717) is 23.7 Å². The van der Waals surface area contributed by atoms with Crippen LogP contribution in [-0.2, 0) is 10.0 Å². The molecule has 2 N–H and O–H groups in total. The molecule has 1 aromatic carbocycles. The predicted octanol–water partition coefficient (Wildman–Crippen LogP) is 3.32. The highest BCUT2D eigenvalue weighted by Gasteiger charge is 2.34. The van der Waals surface area contributed by atoms with Crippen molar-refractivity contribution < 1.29 is 8.42 Å². The third-order valence-corrected chi connectivity index (χ3v) is 7.72. The van der Waals surface area contributed by atoms with Gasteiger partial charge in [0.15, 0.2) is 0 Å². The first kappa shape index (κ1) is 18.7. The van der Waals surface area contributed by atoms with E-state index in [1.165, 1.54) is 38.5 Å². The van der Waals surface area contributed by atoms with Gasteiger partial charge in [-0.3, -0.25) is 4.90 Å². The minimum Gasteiger partial charge on any atom is -0.324 e. The summed E-state index contributed by atoms with van der Waals surface area (Å²) in [7, 11) is -1.31. The van der Waals surface area contributed by atoms with E-state index in [2.05, 4.69) is 22.0 Å². The first-order valence-corrected chi connectivity index (χ1v) is 11.7. The number of sulfonamides is 1. The summed E-state index contributed by atoms with van der Waals surface area (Å²) in [5.41, 5.74) is 0.600. The second-order valence-corrected chi connectivity index (χ2v) is 9.73. The molecule has 0 radical (unpaired) electrons. The largest absolute Gasteiger partial charge is 0.324 e. The quantitative estimate of drug-likeness (QED) is 0.830. The lowest BCUT2D eigenvalue weighted by Crippen LogP contribution is -2.50. The van der Waals surface area contributed by atoms with Crippen LogP contribution in [-0.4, -0.2) is 44.5 Å². The second kappa shape index (κ2) is 7.80. The van der Waals surface area contributed by atoms with Gasteiger partial charge >= 0.3 is 0 Å². The summed E-state index contributed by atoms with van der Waals surface area (Å²) in [4.78, 5) is 7.68. The Balaban J connectivity index is 1.56. The van der Waals surface area contributed by atoms with Crippen molar-refractivity contribution in [3.05, 3.63) is 24.3 Å². The van der Waals surface area contributed by atoms with Crippen LogP contribution in [0.4, 0.5) is 5.69 Å². The molecule has 0 saturated heterocycles. The Bertz CT molecular complexity index is 802. The molecule has 0 amide bonds. The SMILES string of the molecule is CN(C1CCCCC1)[C@@H]1CCCC[C@H]1N=C1Nc2ccccc2S(=O)(=O)N1. The molecule has 0 spiro atoms. The summed E-state index contributed by atoms with van der Waals surface area (Å²) in [6.45, 7) is 0. The maximum Gasteiger partial charge on any atom is 0.266 e. The van der Waals surface area contributed by atoms with Gasteiger partial charge in [0, 0.05) is 12.1 Å². The molecular weight excluding hydrogens is 360 g/mol. The lowest BCUT2D eigenvalue weighted by atomic mass is 9.86. The highest BCUT2D eigenvalue weighted by atomic mass is 32.2. The van der Waals surface area contributed by atoms with Crippen LogP contribution in [0.3, 0.4) is 0 Å². The van der Waals surface area contributed by atoms with Crippen LogP contribution in [0.25, 0.3) is 0 Å². The van der Waals surface area contributed by atoms with Gasteiger partial charge in [0.05, 0.1) is 11.7 Å². The van der Waals surface area contributed by atoms with Crippen molar-refractivity contribution in [3.8, 4) is 0 Å². The predicted molar refractivity (Wildman–Crippen MR) is 109 cm³/mol. The molecule has 148 valence electrons. The molecular formula is C20H30N4O2S. The summed E-state index contributed by atoms with van der Waals surface area (Å²) in [5.74, 6) is 0.364. The molecule has 2 aliphatic carbocycles. The van der Waals surface area contributed by atoms with Gasteiger partial charge in [-0.15, -0.1) is 0 Å². The molecule has 0 aromatic heterocycles. The van der Waals surface area contributed by atoms with Crippen molar-refractivity contribution in [2.45, 2.75) is 80.8 Å². The summed E-state index contributed by atoms with van der Waals surface area (Å²) in [6.07, 6.45) is 11.1. The lowest BCUT2D eigenvalue weighted by molar-refractivity contribution is 0.0977. The number of nitrogens with one attached hydrogen (secondary N) is 2. The molecule has 0 bridgehead atoms. The van der Waals surface area contributed by atoms with E-state index < -0.39 is 10.0 Å². The number of anilines is 1. The van der Waals surface area contributed by atoms with Gasteiger partial charge in [-0.1, -0.05) is 44.2 Å². The summed E-state index contributed by atoms with van der Waals surface area (Å²) in [5, 5.41) is 3.18. The zero-order chi connectivity index (χ0) is 18.9. The van der Waals surface area contributed by atoms with Crippen LogP contribution in [0.1, 0.15) is 57.8 Å². The van der Waals surface area contributed by atoms with Crippen LogP contribution in [0, 0.1) is 0 Å². The van der Waals surface area contributed by atoms with E-state index in [1.807, 2.05) is 6.07 Å². The number of benzene rings is 1. The Morgan fingerprint density at radius 1 is 1.00 bits per heavy atom. The van der Waals surface area contributed by atoms with Crippen molar-refractivity contribution >= 4 is 21.7 Å². The minimum absolute atomic E-state index is 0.126. The van der Waals surface area contributed by atoms with E-state index in [1.54, 1.807) is 18.2 Å². The number of likely N-dealkylation sites (N-methyl/N-ethyl adjacent to an activating group) is 1. The molecule has 7 heteroatoms. The number of fused-ring (bicyclic) bond motifs is 1. The van der Waals surface area contributed by atoms with E-state index in [4.69, 9.17) is 4.99 Å². The van der Waals surface area contributed by atoms with Gasteiger partial charge in [0.25, 0.3) is 10.0 Å². The van der Waals surface area contributed by atoms with Crippen molar-refractivity contribution in [2.24, 2.45) is 4.99 Å². The van der Waals surface area contributed by atoms with Gasteiger partial charge in [-0.25, -0.2) is 18.1 Å². The Hall–Kier alpha value is -1.60. The molecule has 2 fully saturated rings. The maximum absolute atomic E-state index is 12.5. The van der Waals surface area contributed by atoms with E-state index in [0.717, 1.165) is 19.3 Å². The lowest BCUT2D eigenvalue weighted by Gasteiger charge is -2.42. The number of guanidine groups is 1. The number of nitrogens with zero attached hydrogens (tertiary/aromatic N) is 2. The third kappa shape index (κ3) is 3.99. The van der Waals surface area contributed by atoms with Gasteiger partial charge in [0.2, 0.25) is 5.96 Å². The molecule has 3 aliphatic rings. The summed E-state index contributed by atoms with van der Waals surface area (Å²) in [6, 6.07) is 8.13. The van der Waals surface area contributed by atoms with Gasteiger partial charge in [-0.2, -0.15) is 0 Å². The van der Waals surface area contributed by atoms with Crippen molar-refractivity contribution in [2.75, 3.05) is 12.4 Å². The van der Waals surface area contributed by atoms with Gasteiger partial charge < -0.3 is 5.32 Å². The fourth-order valence-electron chi connectivity index (χ4n) is 4.84. The number of hydrogen-bond acceptors (Lipinski definition) is 4. The van der Waals surface area contributed by atoms with Gasteiger partial charge in [-0.05, 0) is 44.9 Å². The molecule has 0 unspecified atom stereocenters. The van der Waals surface area contributed by atoms with Crippen molar-refractivity contribution in [1.29, 1.82) is 0 Å². The fraction of sp³-hybridized carbons (Fsp3) is 0.650. The topological polar surface area (TPSA) is 73.8 Å². The van der Waals surface area contributed by atoms with Crippen LogP contribution < -0.4 is 10.0 Å². The first-order chi connectivity index (χ1) is 13.0. The molecule has 1 heterocycles.